The van der Waals surface area contributed by atoms with Crippen LogP contribution in [0.25, 0.3) is 0 Å². The second kappa shape index (κ2) is 21.1. The number of hydrogen-bond donors (Lipinski definition) is 2. The van der Waals surface area contributed by atoms with Crippen molar-refractivity contribution in [3.05, 3.63) is 6.42 Å². The van der Waals surface area contributed by atoms with Gasteiger partial charge in [-0.1, -0.05) is 40.5 Å². The van der Waals surface area contributed by atoms with Crippen molar-refractivity contribution in [2.75, 3.05) is 0 Å². The SMILES string of the molecule is CCCCC(CC)C(=O)O.CC[CH-]CC(CC)C(=O)O.[V].[Zn]. The predicted octanol–water partition coefficient (Wildman–Crippen LogP) is 4.38. The van der Waals surface area contributed by atoms with Gasteiger partial charge in [0.05, 0.1) is 5.92 Å². The smallest absolute Gasteiger partial charge is 0.306 e. The molecule has 0 saturated heterocycles. The zero-order chi connectivity index (χ0) is 16.0. The van der Waals surface area contributed by atoms with Crippen LogP contribution in [0.15, 0.2) is 0 Å². The predicted molar refractivity (Wildman–Crippen MR) is 81.6 cm³/mol. The van der Waals surface area contributed by atoms with Gasteiger partial charge in [-0.3, -0.25) is 9.59 Å². The van der Waals surface area contributed by atoms with Crippen LogP contribution in [0.4, 0.5) is 0 Å². The van der Waals surface area contributed by atoms with E-state index in [-0.39, 0.29) is 49.9 Å². The van der Waals surface area contributed by atoms with E-state index < -0.39 is 11.9 Å². The molecule has 22 heavy (non-hydrogen) atoms. The van der Waals surface area contributed by atoms with E-state index in [4.69, 9.17) is 10.2 Å². The summed E-state index contributed by atoms with van der Waals surface area (Å²) in [7, 11) is 0. The van der Waals surface area contributed by atoms with Gasteiger partial charge in [0.15, 0.2) is 0 Å². The number of carboxylic acids is 2. The van der Waals surface area contributed by atoms with Gasteiger partial charge >= 0.3 is 11.9 Å². The minimum atomic E-state index is -0.674. The minimum Gasteiger partial charge on any atom is -0.481 e. The standard InChI is InChI=1S/C8H16O2.C8H15O2.V.Zn/c2*1-3-5-6-7(4-2)8(9)10;;/h7H,3-6H2,1-2H3,(H,9,10);5,7H,3-4,6H2,1-2H3,(H,9,10);;/q;-1;;. The van der Waals surface area contributed by atoms with Crippen LogP contribution in [-0.2, 0) is 47.6 Å². The third-order valence-corrected chi connectivity index (χ3v) is 3.33. The van der Waals surface area contributed by atoms with E-state index in [9.17, 15) is 9.59 Å². The number of carbonyl (C=O) groups is 2. The van der Waals surface area contributed by atoms with Crippen molar-refractivity contribution in [3.8, 4) is 0 Å². The van der Waals surface area contributed by atoms with Gasteiger partial charge in [-0.05, 0) is 19.3 Å². The quantitative estimate of drug-likeness (QED) is 0.419. The van der Waals surface area contributed by atoms with Crippen LogP contribution in [0.3, 0.4) is 0 Å². The van der Waals surface area contributed by atoms with Crippen molar-refractivity contribution in [1.29, 1.82) is 0 Å². The Labute approximate surface area is 160 Å². The van der Waals surface area contributed by atoms with E-state index in [0.29, 0.717) is 6.42 Å². The summed E-state index contributed by atoms with van der Waals surface area (Å²) in [5.41, 5.74) is 0. The summed E-state index contributed by atoms with van der Waals surface area (Å²) in [6.07, 6.45) is 8.13. The summed E-state index contributed by atoms with van der Waals surface area (Å²) in [6.45, 7) is 7.93. The summed E-state index contributed by atoms with van der Waals surface area (Å²) in [5.74, 6) is -1.59. The molecule has 2 unspecified atom stereocenters. The van der Waals surface area contributed by atoms with Crippen molar-refractivity contribution in [2.45, 2.75) is 72.6 Å². The Hall–Kier alpha value is 0.148. The van der Waals surface area contributed by atoms with Crippen LogP contribution in [0.1, 0.15) is 72.6 Å². The zero-order valence-electron chi connectivity index (χ0n) is 14.5. The molecule has 0 aliphatic rings. The van der Waals surface area contributed by atoms with E-state index in [0.717, 1.165) is 38.5 Å². The summed E-state index contributed by atoms with van der Waals surface area (Å²) < 4.78 is 0. The van der Waals surface area contributed by atoms with Crippen LogP contribution in [0.5, 0.6) is 0 Å². The maximum Gasteiger partial charge on any atom is 0.306 e. The Morgan fingerprint density at radius 3 is 1.68 bits per heavy atom. The summed E-state index contributed by atoms with van der Waals surface area (Å²) in [6, 6.07) is 0. The normalized spacial score (nSPS) is 11.8. The fourth-order valence-electron chi connectivity index (χ4n) is 1.76. The first-order chi connectivity index (χ1) is 9.44. The number of rotatable bonds is 10. The van der Waals surface area contributed by atoms with Gasteiger partial charge in [-0.2, -0.15) is 12.8 Å². The molecule has 0 aromatic carbocycles. The van der Waals surface area contributed by atoms with Crippen molar-refractivity contribution in [2.24, 2.45) is 11.8 Å². The number of unbranched alkanes of at least 4 members (excludes halogenated alkanes) is 2. The molecule has 0 spiro atoms. The third kappa shape index (κ3) is 18.2. The largest absolute Gasteiger partial charge is 0.481 e. The first kappa shape index (κ1) is 30.1. The Kier molecular flexibility index (Phi) is 28.9. The summed E-state index contributed by atoms with van der Waals surface area (Å²) >= 11 is 0. The molecule has 0 bridgehead atoms. The molecule has 0 aromatic heterocycles. The maximum absolute atomic E-state index is 10.4. The minimum absolute atomic E-state index is 0. The van der Waals surface area contributed by atoms with E-state index >= 15 is 0 Å². The monoisotopic (exact) mass is 402 g/mol. The molecule has 0 aliphatic carbocycles. The number of aliphatic carboxylic acids is 2. The van der Waals surface area contributed by atoms with Crippen molar-refractivity contribution in [1.82, 2.24) is 0 Å². The second-order valence-electron chi connectivity index (χ2n) is 4.96. The van der Waals surface area contributed by atoms with Crippen LogP contribution < -0.4 is 0 Å². The first-order valence-electron chi connectivity index (χ1n) is 7.71. The molecule has 0 rings (SSSR count). The van der Waals surface area contributed by atoms with Crippen molar-refractivity contribution < 1.29 is 57.8 Å². The third-order valence-electron chi connectivity index (χ3n) is 3.33. The molecule has 6 heteroatoms. The number of hydrogen-bond acceptors (Lipinski definition) is 2. The Morgan fingerprint density at radius 2 is 1.41 bits per heavy atom. The van der Waals surface area contributed by atoms with E-state index in [1.165, 1.54) is 0 Å². The van der Waals surface area contributed by atoms with Crippen LogP contribution >= 0.6 is 0 Å². The molecular weight excluding hydrogens is 373 g/mol. The number of carboxylic acid groups (broad SMARTS) is 2. The van der Waals surface area contributed by atoms with Gasteiger partial charge in [0.2, 0.25) is 0 Å². The average Bonchev–Trinajstić information content (AvgIpc) is 2.40. The fraction of sp³-hybridized carbons (Fsp3) is 0.812. The molecule has 0 heterocycles. The van der Waals surface area contributed by atoms with E-state index in [2.05, 4.69) is 6.92 Å². The van der Waals surface area contributed by atoms with Crippen LogP contribution in [-0.4, -0.2) is 22.2 Å². The van der Waals surface area contributed by atoms with Crippen molar-refractivity contribution in [3.63, 3.8) is 0 Å². The fourth-order valence-corrected chi connectivity index (χ4v) is 1.76. The van der Waals surface area contributed by atoms with Gasteiger partial charge in [-0.15, -0.1) is 0 Å². The van der Waals surface area contributed by atoms with Gasteiger partial charge in [-0.25, -0.2) is 0 Å². The van der Waals surface area contributed by atoms with Crippen LogP contribution in [0.2, 0.25) is 0 Å². The maximum atomic E-state index is 10.4. The van der Waals surface area contributed by atoms with E-state index in [1.54, 1.807) is 0 Å². The molecule has 4 nitrogen and oxygen atoms in total. The molecule has 0 aliphatic heterocycles. The molecule has 127 valence electrons. The molecule has 2 N–H and O–H groups in total. The Morgan fingerprint density at radius 1 is 0.955 bits per heavy atom. The molecule has 0 amide bonds. The molecule has 2 atom stereocenters. The molecule has 1 radical (unpaired) electrons. The molecule has 0 aromatic rings. The van der Waals surface area contributed by atoms with Gasteiger partial charge in [0.25, 0.3) is 0 Å². The van der Waals surface area contributed by atoms with Crippen LogP contribution in [0, 0.1) is 18.3 Å². The topological polar surface area (TPSA) is 74.6 Å². The van der Waals surface area contributed by atoms with Gasteiger partial charge in [0.1, 0.15) is 0 Å². The van der Waals surface area contributed by atoms with E-state index in [1.807, 2.05) is 27.2 Å². The molecular formula is C16H31O4VZn-. The van der Waals surface area contributed by atoms with Crippen molar-refractivity contribution >= 4 is 11.9 Å². The summed E-state index contributed by atoms with van der Waals surface area (Å²) in [4.78, 5) is 20.9. The Bertz CT molecular complexity index is 237. The Balaban J connectivity index is -0.000000135. The molecule has 0 fully saturated rings. The zero-order valence-corrected chi connectivity index (χ0v) is 18.9. The van der Waals surface area contributed by atoms with Gasteiger partial charge < -0.3 is 16.6 Å². The summed E-state index contributed by atoms with van der Waals surface area (Å²) in [5, 5.41) is 17.2. The first-order valence-corrected chi connectivity index (χ1v) is 7.71. The second-order valence-corrected chi connectivity index (χ2v) is 4.96. The molecule has 0 saturated carbocycles. The van der Waals surface area contributed by atoms with Gasteiger partial charge in [0, 0.05) is 44.0 Å². The average molecular weight is 404 g/mol.